The van der Waals surface area contributed by atoms with Gasteiger partial charge in [-0.15, -0.1) is 0 Å². The molecule has 2 rings (SSSR count). The summed E-state index contributed by atoms with van der Waals surface area (Å²) in [5.74, 6) is -1.08. The third-order valence-electron chi connectivity index (χ3n) is 3.81. The third kappa shape index (κ3) is 5.82. The van der Waals surface area contributed by atoms with E-state index in [0.717, 1.165) is 25.7 Å². The predicted octanol–water partition coefficient (Wildman–Crippen LogP) is 2.95. The number of carbonyl (C=O) groups is 2. The summed E-state index contributed by atoms with van der Waals surface area (Å²) in [5.41, 5.74) is -0.0140. The normalized spacial score (nSPS) is 15.0. The molecule has 1 saturated carbocycles. The molecule has 1 aliphatic carbocycles. The van der Waals surface area contributed by atoms with Crippen LogP contribution >= 0.6 is 15.9 Å². The molecule has 0 bridgehead atoms. The van der Waals surface area contributed by atoms with Gasteiger partial charge in [-0.25, -0.2) is 9.18 Å². The molecule has 1 aliphatic rings. The lowest BCUT2D eigenvalue weighted by atomic mass is 9.96. The van der Waals surface area contributed by atoms with Crippen LogP contribution in [-0.2, 0) is 0 Å². The molecule has 7 heteroatoms. The van der Waals surface area contributed by atoms with Crippen LogP contribution in [0.3, 0.4) is 0 Å². The molecule has 0 saturated heterocycles. The molecule has 0 heterocycles. The molecule has 23 heavy (non-hydrogen) atoms. The molecule has 1 fully saturated rings. The van der Waals surface area contributed by atoms with E-state index in [1.165, 1.54) is 18.6 Å². The standard InChI is InChI=1S/C16H21BrFN3O2/c17-11-6-7-13(14(18)10-11)15(22)19-8-9-20-16(23)21-12-4-2-1-3-5-12/h6-7,10,12H,1-5,8-9H2,(H,19,22)(H2,20,21,23). The van der Waals surface area contributed by atoms with Crippen LogP contribution in [0.1, 0.15) is 42.5 Å². The number of nitrogens with one attached hydrogen (secondary N) is 3. The lowest BCUT2D eigenvalue weighted by Crippen LogP contribution is -2.45. The lowest BCUT2D eigenvalue weighted by molar-refractivity contribution is 0.0949. The first-order valence-electron chi connectivity index (χ1n) is 7.84. The Labute approximate surface area is 143 Å². The summed E-state index contributed by atoms with van der Waals surface area (Å²) >= 11 is 3.14. The van der Waals surface area contributed by atoms with Crippen LogP contribution in [0.25, 0.3) is 0 Å². The van der Waals surface area contributed by atoms with E-state index >= 15 is 0 Å². The van der Waals surface area contributed by atoms with Crippen molar-refractivity contribution < 1.29 is 14.0 Å². The Balaban J connectivity index is 1.66. The van der Waals surface area contributed by atoms with E-state index in [0.29, 0.717) is 11.0 Å². The zero-order chi connectivity index (χ0) is 16.7. The first kappa shape index (κ1) is 17.7. The SMILES string of the molecule is O=C(NCCNC(=O)c1ccc(Br)cc1F)NC1CCCCC1. The molecule has 3 amide bonds. The van der Waals surface area contributed by atoms with Crippen LogP contribution in [0.5, 0.6) is 0 Å². The van der Waals surface area contributed by atoms with Gasteiger partial charge in [-0.1, -0.05) is 35.2 Å². The van der Waals surface area contributed by atoms with Gasteiger partial charge in [-0.2, -0.15) is 0 Å². The van der Waals surface area contributed by atoms with Gasteiger partial charge in [0.25, 0.3) is 5.91 Å². The van der Waals surface area contributed by atoms with E-state index in [1.54, 1.807) is 6.07 Å². The number of amides is 3. The molecule has 126 valence electrons. The average molecular weight is 386 g/mol. The second-order valence-corrected chi connectivity index (χ2v) is 6.53. The Kier molecular flexibility index (Phi) is 6.83. The van der Waals surface area contributed by atoms with E-state index in [1.807, 2.05) is 0 Å². The van der Waals surface area contributed by atoms with Crippen molar-refractivity contribution in [1.82, 2.24) is 16.0 Å². The van der Waals surface area contributed by atoms with Crippen molar-refractivity contribution in [3.05, 3.63) is 34.1 Å². The Hall–Kier alpha value is -1.63. The lowest BCUT2D eigenvalue weighted by Gasteiger charge is -2.22. The summed E-state index contributed by atoms with van der Waals surface area (Å²) < 4.78 is 14.2. The van der Waals surface area contributed by atoms with Crippen LogP contribution in [0.15, 0.2) is 22.7 Å². The van der Waals surface area contributed by atoms with Crippen LogP contribution in [-0.4, -0.2) is 31.1 Å². The van der Waals surface area contributed by atoms with Crippen molar-refractivity contribution in [3.8, 4) is 0 Å². The zero-order valence-corrected chi connectivity index (χ0v) is 14.4. The van der Waals surface area contributed by atoms with E-state index in [2.05, 4.69) is 31.9 Å². The summed E-state index contributed by atoms with van der Waals surface area (Å²) in [4.78, 5) is 23.6. The molecule has 0 radical (unpaired) electrons. The van der Waals surface area contributed by atoms with E-state index in [4.69, 9.17) is 0 Å². The Morgan fingerprint density at radius 2 is 1.83 bits per heavy atom. The highest BCUT2D eigenvalue weighted by Crippen LogP contribution is 2.17. The van der Waals surface area contributed by atoms with E-state index in [-0.39, 0.29) is 24.2 Å². The maximum atomic E-state index is 13.6. The number of hydrogen-bond donors (Lipinski definition) is 3. The van der Waals surface area contributed by atoms with Crippen LogP contribution in [0, 0.1) is 5.82 Å². The van der Waals surface area contributed by atoms with Gasteiger partial charge in [0, 0.05) is 23.6 Å². The van der Waals surface area contributed by atoms with Gasteiger partial charge in [0.15, 0.2) is 0 Å². The number of rotatable bonds is 5. The fourth-order valence-electron chi connectivity index (χ4n) is 2.60. The molecule has 1 aromatic carbocycles. The number of urea groups is 1. The number of carbonyl (C=O) groups excluding carboxylic acids is 2. The number of halogens is 2. The third-order valence-corrected chi connectivity index (χ3v) is 4.31. The highest BCUT2D eigenvalue weighted by atomic mass is 79.9. The van der Waals surface area contributed by atoms with Crippen molar-refractivity contribution >= 4 is 27.9 Å². The van der Waals surface area contributed by atoms with Gasteiger partial charge in [0.05, 0.1) is 5.56 Å². The van der Waals surface area contributed by atoms with Gasteiger partial charge in [0.2, 0.25) is 0 Å². The first-order valence-corrected chi connectivity index (χ1v) is 8.63. The summed E-state index contributed by atoms with van der Waals surface area (Å²) in [5, 5.41) is 8.20. The monoisotopic (exact) mass is 385 g/mol. The van der Waals surface area contributed by atoms with Crippen molar-refractivity contribution in [2.45, 2.75) is 38.1 Å². The van der Waals surface area contributed by atoms with Crippen LogP contribution in [0.4, 0.5) is 9.18 Å². The Bertz CT molecular complexity index is 562. The summed E-state index contributed by atoms with van der Waals surface area (Å²) in [6.07, 6.45) is 5.58. The quantitative estimate of drug-likeness (QED) is 0.681. The molecule has 0 spiro atoms. The minimum Gasteiger partial charge on any atom is -0.350 e. The predicted molar refractivity (Wildman–Crippen MR) is 89.8 cm³/mol. The highest BCUT2D eigenvalue weighted by molar-refractivity contribution is 9.10. The second kappa shape index (κ2) is 8.86. The molecular formula is C16H21BrFN3O2. The van der Waals surface area contributed by atoms with Gasteiger partial charge < -0.3 is 16.0 Å². The molecule has 0 aromatic heterocycles. The van der Waals surface area contributed by atoms with Crippen molar-refractivity contribution in [2.75, 3.05) is 13.1 Å². The average Bonchev–Trinajstić information content (AvgIpc) is 2.52. The molecule has 0 unspecified atom stereocenters. The van der Waals surface area contributed by atoms with Crippen molar-refractivity contribution in [3.63, 3.8) is 0 Å². The Morgan fingerprint density at radius 3 is 2.52 bits per heavy atom. The molecule has 1 aromatic rings. The first-order chi connectivity index (χ1) is 11.1. The van der Waals surface area contributed by atoms with Gasteiger partial charge in [-0.3, -0.25) is 4.79 Å². The minimum absolute atomic E-state index is 0.0140. The summed E-state index contributed by atoms with van der Waals surface area (Å²) in [7, 11) is 0. The maximum Gasteiger partial charge on any atom is 0.315 e. The van der Waals surface area contributed by atoms with Crippen LogP contribution in [0.2, 0.25) is 0 Å². The van der Waals surface area contributed by atoms with Crippen molar-refractivity contribution in [1.29, 1.82) is 0 Å². The second-order valence-electron chi connectivity index (χ2n) is 5.62. The van der Waals surface area contributed by atoms with Gasteiger partial charge in [0.1, 0.15) is 5.82 Å². The molecule has 0 aliphatic heterocycles. The van der Waals surface area contributed by atoms with E-state index in [9.17, 15) is 14.0 Å². The maximum absolute atomic E-state index is 13.6. The van der Waals surface area contributed by atoms with Crippen molar-refractivity contribution in [2.24, 2.45) is 0 Å². The summed E-state index contributed by atoms with van der Waals surface area (Å²) in [6, 6.07) is 4.28. The number of benzene rings is 1. The fraction of sp³-hybridized carbons (Fsp3) is 0.500. The Morgan fingerprint density at radius 1 is 1.13 bits per heavy atom. The van der Waals surface area contributed by atoms with Gasteiger partial charge >= 0.3 is 6.03 Å². The zero-order valence-electron chi connectivity index (χ0n) is 12.8. The smallest absolute Gasteiger partial charge is 0.315 e. The fourth-order valence-corrected chi connectivity index (χ4v) is 2.94. The number of hydrogen-bond acceptors (Lipinski definition) is 2. The topological polar surface area (TPSA) is 70.2 Å². The molecular weight excluding hydrogens is 365 g/mol. The molecule has 5 nitrogen and oxygen atoms in total. The largest absolute Gasteiger partial charge is 0.350 e. The van der Waals surface area contributed by atoms with Crippen LogP contribution < -0.4 is 16.0 Å². The van der Waals surface area contributed by atoms with E-state index < -0.39 is 11.7 Å². The minimum atomic E-state index is -0.583. The van der Waals surface area contributed by atoms with Gasteiger partial charge in [-0.05, 0) is 31.0 Å². The molecule has 0 atom stereocenters. The molecule has 3 N–H and O–H groups in total. The highest BCUT2D eigenvalue weighted by Gasteiger charge is 2.15. The summed E-state index contributed by atoms with van der Waals surface area (Å²) in [6.45, 7) is 0.537.